The molecule has 4 rings (SSSR count). The summed E-state index contributed by atoms with van der Waals surface area (Å²) >= 11 is 0. The van der Waals surface area contributed by atoms with E-state index in [2.05, 4.69) is 4.72 Å². The third-order valence-electron chi connectivity index (χ3n) is 5.20. The van der Waals surface area contributed by atoms with Crippen molar-refractivity contribution in [3.63, 3.8) is 0 Å². The van der Waals surface area contributed by atoms with Crippen LogP contribution in [0.4, 0.5) is 0 Å². The summed E-state index contributed by atoms with van der Waals surface area (Å²) in [6, 6.07) is 9.94. The van der Waals surface area contributed by atoms with Crippen molar-refractivity contribution >= 4 is 15.9 Å². The van der Waals surface area contributed by atoms with E-state index in [0.717, 1.165) is 31.4 Å². The van der Waals surface area contributed by atoms with Crippen molar-refractivity contribution in [2.45, 2.75) is 49.6 Å². The van der Waals surface area contributed by atoms with Crippen molar-refractivity contribution in [3.05, 3.63) is 54.0 Å². The van der Waals surface area contributed by atoms with Gasteiger partial charge in [-0.05, 0) is 68.9 Å². The summed E-state index contributed by atoms with van der Waals surface area (Å²) in [4.78, 5) is 15.1. The predicted molar refractivity (Wildman–Crippen MR) is 101 cm³/mol. The SMILES string of the molecule is CC(c1ccco1)N(C(=O)c1cccc(S(=O)(=O)NCC2CC2)c1)C1CC1. The normalized spacial score (nSPS) is 18.3. The minimum atomic E-state index is -3.60. The molecule has 0 saturated heterocycles. The van der Waals surface area contributed by atoms with E-state index in [1.54, 1.807) is 24.5 Å². The standard InChI is InChI=1S/C20H24N2O4S/c1-14(19-6-3-11-26-19)22(17-9-10-17)20(23)16-4-2-5-18(12-16)27(24,25)21-13-15-7-8-15/h2-6,11-12,14-15,17,21H,7-10,13H2,1H3. The Bertz CT molecular complexity index is 915. The fourth-order valence-electron chi connectivity index (χ4n) is 3.25. The molecule has 2 aromatic rings. The average Bonchev–Trinajstić information content (AvgIpc) is 3.60. The number of nitrogens with one attached hydrogen (secondary N) is 1. The molecule has 0 radical (unpaired) electrons. The van der Waals surface area contributed by atoms with Crippen LogP contribution in [-0.2, 0) is 10.0 Å². The maximum absolute atomic E-state index is 13.2. The second-order valence-corrected chi connectivity index (χ2v) is 9.23. The highest BCUT2D eigenvalue weighted by atomic mass is 32.2. The lowest BCUT2D eigenvalue weighted by Gasteiger charge is -2.28. The zero-order chi connectivity index (χ0) is 19.0. The molecule has 1 N–H and O–H groups in total. The molecule has 2 aliphatic rings. The highest BCUT2D eigenvalue weighted by Crippen LogP contribution is 2.36. The van der Waals surface area contributed by atoms with Crippen LogP contribution in [-0.4, -0.2) is 31.8 Å². The number of carbonyl (C=O) groups excluding carboxylic acids is 1. The fourth-order valence-corrected chi connectivity index (χ4v) is 4.42. The maximum Gasteiger partial charge on any atom is 0.254 e. The first-order valence-electron chi connectivity index (χ1n) is 9.41. The molecule has 1 atom stereocenters. The lowest BCUT2D eigenvalue weighted by molar-refractivity contribution is 0.0652. The number of benzene rings is 1. The zero-order valence-electron chi connectivity index (χ0n) is 15.3. The van der Waals surface area contributed by atoms with Crippen LogP contribution in [0.5, 0.6) is 0 Å². The van der Waals surface area contributed by atoms with Gasteiger partial charge in [-0.1, -0.05) is 6.07 Å². The first-order valence-corrected chi connectivity index (χ1v) is 10.9. The Morgan fingerprint density at radius 2 is 2.00 bits per heavy atom. The Hall–Kier alpha value is -2.12. The predicted octanol–water partition coefficient (Wildman–Crippen LogP) is 3.33. The van der Waals surface area contributed by atoms with Crippen LogP contribution in [0.3, 0.4) is 0 Å². The average molecular weight is 388 g/mol. The number of carbonyl (C=O) groups is 1. The molecular formula is C20H24N2O4S. The van der Waals surface area contributed by atoms with Crippen molar-refractivity contribution in [1.82, 2.24) is 9.62 Å². The maximum atomic E-state index is 13.2. The highest BCUT2D eigenvalue weighted by molar-refractivity contribution is 7.89. The van der Waals surface area contributed by atoms with Gasteiger partial charge in [0.15, 0.2) is 0 Å². The number of amides is 1. The molecule has 0 spiro atoms. The van der Waals surface area contributed by atoms with Crippen LogP contribution in [0.15, 0.2) is 52.0 Å². The second-order valence-electron chi connectivity index (χ2n) is 7.46. The monoisotopic (exact) mass is 388 g/mol. The van der Waals surface area contributed by atoms with Crippen LogP contribution < -0.4 is 4.72 Å². The highest BCUT2D eigenvalue weighted by Gasteiger charge is 2.38. The minimum Gasteiger partial charge on any atom is -0.467 e. The molecule has 2 saturated carbocycles. The number of hydrogen-bond acceptors (Lipinski definition) is 4. The van der Waals surface area contributed by atoms with Gasteiger partial charge in [0.1, 0.15) is 5.76 Å². The Kier molecular flexibility index (Phi) is 4.82. The molecular weight excluding hydrogens is 364 g/mol. The summed E-state index contributed by atoms with van der Waals surface area (Å²) in [6.07, 6.45) is 5.65. The Morgan fingerprint density at radius 1 is 1.22 bits per heavy atom. The molecule has 2 aliphatic carbocycles. The van der Waals surface area contributed by atoms with Gasteiger partial charge in [0.2, 0.25) is 10.0 Å². The number of sulfonamides is 1. The topological polar surface area (TPSA) is 79.6 Å². The third-order valence-corrected chi connectivity index (χ3v) is 6.62. The lowest BCUT2D eigenvalue weighted by atomic mass is 10.1. The number of furan rings is 1. The molecule has 1 heterocycles. The van der Waals surface area contributed by atoms with Crippen molar-refractivity contribution in [2.75, 3.05) is 6.54 Å². The molecule has 0 aliphatic heterocycles. The molecule has 144 valence electrons. The molecule has 27 heavy (non-hydrogen) atoms. The van der Waals surface area contributed by atoms with Crippen LogP contribution in [0.25, 0.3) is 0 Å². The smallest absolute Gasteiger partial charge is 0.254 e. The number of nitrogens with zero attached hydrogens (tertiary/aromatic N) is 1. The van der Waals surface area contributed by atoms with Gasteiger partial charge in [0.25, 0.3) is 5.91 Å². The first-order chi connectivity index (χ1) is 13.0. The van der Waals surface area contributed by atoms with Crippen LogP contribution >= 0.6 is 0 Å². The lowest BCUT2D eigenvalue weighted by Crippen LogP contribution is -2.35. The van der Waals surface area contributed by atoms with Gasteiger partial charge in [0, 0.05) is 18.2 Å². The quantitative estimate of drug-likeness (QED) is 0.752. The number of hydrogen-bond donors (Lipinski definition) is 1. The molecule has 1 aromatic carbocycles. The van der Waals surface area contributed by atoms with Gasteiger partial charge in [0.05, 0.1) is 17.2 Å². The first kappa shape index (κ1) is 18.3. The van der Waals surface area contributed by atoms with Crippen molar-refractivity contribution in [1.29, 1.82) is 0 Å². The van der Waals surface area contributed by atoms with E-state index in [-0.39, 0.29) is 22.9 Å². The Labute approximate surface area is 159 Å². The summed E-state index contributed by atoms with van der Waals surface area (Å²) in [5.74, 6) is 1.01. The zero-order valence-corrected chi connectivity index (χ0v) is 16.1. The van der Waals surface area contributed by atoms with Crippen LogP contribution in [0.1, 0.15) is 54.8 Å². The van der Waals surface area contributed by atoms with E-state index >= 15 is 0 Å². The largest absolute Gasteiger partial charge is 0.467 e. The van der Waals surface area contributed by atoms with E-state index in [0.29, 0.717) is 18.0 Å². The van der Waals surface area contributed by atoms with Crippen molar-refractivity contribution < 1.29 is 17.6 Å². The number of rotatable bonds is 8. The van der Waals surface area contributed by atoms with E-state index < -0.39 is 10.0 Å². The van der Waals surface area contributed by atoms with Crippen molar-refractivity contribution in [2.24, 2.45) is 5.92 Å². The Balaban J connectivity index is 1.57. The molecule has 7 heteroatoms. The summed E-state index contributed by atoms with van der Waals surface area (Å²) < 4.78 is 33.2. The molecule has 2 fully saturated rings. The fraction of sp³-hybridized carbons (Fsp3) is 0.450. The van der Waals surface area contributed by atoms with Gasteiger partial charge in [-0.25, -0.2) is 13.1 Å². The molecule has 6 nitrogen and oxygen atoms in total. The molecule has 1 unspecified atom stereocenters. The Morgan fingerprint density at radius 3 is 2.63 bits per heavy atom. The van der Waals surface area contributed by atoms with Gasteiger partial charge in [-0.2, -0.15) is 0 Å². The minimum absolute atomic E-state index is 0.135. The summed E-state index contributed by atoms with van der Waals surface area (Å²) in [5, 5.41) is 0. The second kappa shape index (κ2) is 7.13. The van der Waals surface area contributed by atoms with E-state index in [1.165, 1.54) is 12.1 Å². The van der Waals surface area contributed by atoms with E-state index in [4.69, 9.17) is 4.42 Å². The molecule has 0 bridgehead atoms. The molecule has 1 aromatic heterocycles. The van der Waals surface area contributed by atoms with E-state index in [1.807, 2.05) is 17.9 Å². The van der Waals surface area contributed by atoms with Gasteiger partial charge in [-0.15, -0.1) is 0 Å². The van der Waals surface area contributed by atoms with E-state index in [9.17, 15) is 13.2 Å². The molecule has 1 amide bonds. The van der Waals surface area contributed by atoms with Gasteiger partial charge < -0.3 is 9.32 Å². The van der Waals surface area contributed by atoms with Gasteiger partial charge in [-0.3, -0.25) is 4.79 Å². The van der Waals surface area contributed by atoms with Crippen molar-refractivity contribution in [3.8, 4) is 0 Å². The van der Waals surface area contributed by atoms with Crippen LogP contribution in [0, 0.1) is 5.92 Å². The summed E-state index contributed by atoms with van der Waals surface area (Å²) in [5.41, 5.74) is 0.384. The van der Waals surface area contributed by atoms with Gasteiger partial charge >= 0.3 is 0 Å². The van der Waals surface area contributed by atoms with Crippen LogP contribution in [0.2, 0.25) is 0 Å². The summed E-state index contributed by atoms with van der Waals surface area (Å²) in [7, 11) is -3.60. The third kappa shape index (κ3) is 4.09. The summed E-state index contributed by atoms with van der Waals surface area (Å²) in [6.45, 7) is 2.40.